The fourth-order valence-electron chi connectivity index (χ4n) is 2.77. The van der Waals surface area contributed by atoms with Gasteiger partial charge in [0.05, 0.1) is 0 Å². The van der Waals surface area contributed by atoms with E-state index in [0.29, 0.717) is 5.92 Å². The van der Waals surface area contributed by atoms with Gasteiger partial charge < -0.3 is 5.73 Å². The molecule has 0 spiro atoms. The van der Waals surface area contributed by atoms with Gasteiger partial charge in [-0.2, -0.15) is 0 Å². The van der Waals surface area contributed by atoms with Crippen LogP contribution in [0.4, 0.5) is 0 Å². The summed E-state index contributed by atoms with van der Waals surface area (Å²) < 4.78 is 0. The highest BCUT2D eigenvalue weighted by atomic mass is 35.5. The van der Waals surface area contributed by atoms with Gasteiger partial charge in [0.15, 0.2) is 0 Å². The molecule has 1 fully saturated rings. The lowest BCUT2D eigenvalue weighted by atomic mass is 9.91. The predicted molar refractivity (Wildman–Crippen MR) is 69.5 cm³/mol. The minimum absolute atomic E-state index is 0.189. The first kappa shape index (κ1) is 11.9. The van der Waals surface area contributed by atoms with E-state index < -0.39 is 0 Å². The Morgan fingerprint density at radius 2 is 2.00 bits per heavy atom. The molecule has 0 aliphatic heterocycles. The molecular formula is C14H20ClN. The van der Waals surface area contributed by atoms with Crippen molar-refractivity contribution < 1.29 is 0 Å². The number of hydrogen-bond acceptors (Lipinski definition) is 1. The van der Waals surface area contributed by atoms with Crippen molar-refractivity contribution in [1.82, 2.24) is 0 Å². The summed E-state index contributed by atoms with van der Waals surface area (Å²) >= 11 is 5.88. The highest BCUT2D eigenvalue weighted by Crippen LogP contribution is 2.39. The zero-order valence-electron chi connectivity index (χ0n) is 9.83. The average Bonchev–Trinajstić information content (AvgIpc) is 2.77. The zero-order valence-corrected chi connectivity index (χ0v) is 10.6. The molecule has 1 aromatic rings. The summed E-state index contributed by atoms with van der Waals surface area (Å²) in [5.41, 5.74) is 7.55. The Hall–Kier alpha value is -0.530. The molecule has 3 unspecified atom stereocenters. The molecule has 2 heteroatoms. The highest BCUT2D eigenvalue weighted by Gasteiger charge is 2.28. The highest BCUT2D eigenvalue weighted by molar-refractivity contribution is 6.30. The molecule has 16 heavy (non-hydrogen) atoms. The lowest BCUT2D eigenvalue weighted by molar-refractivity contribution is 0.416. The van der Waals surface area contributed by atoms with Gasteiger partial charge in [0.25, 0.3) is 0 Å². The molecule has 0 aromatic heterocycles. The number of hydrogen-bond donors (Lipinski definition) is 1. The summed E-state index contributed by atoms with van der Waals surface area (Å²) in [5, 5.41) is 0.786. The molecule has 1 aliphatic rings. The smallest absolute Gasteiger partial charge is 0.0406 e. The topological polar surface area (TPSA) is 26.0 Å². The Balaban J connectivity index is 2.02. The van der Waals surface area contributed by atoms with E-state index >= 15 is 0 Å². The average molecular weight is 238 g/mol. The van der Waals surface area contributed by atoms with Gasteiger partial charge in [-0.3, -0.25) is 0 Å². The maximum absolute atomic E-state index is 6.32. The van der Waals surface area contributed by atoms with Crippen molar-refractivity contribution in [1.29, 1.82) is 0 Å². The summed E-state index contributed by atoms with van der Waals surface area (Å²) in [6.45, 7) is 2.28. The fraction of sp³-hybridized carbons (Fsp3) is 0.571. The molecular weight excluding hydrogens is 218 g/mol. The van der Waals surface area contributed by atoms with Gasteiger partial charge in [-0.25, -0.2) is 0 Å². The second kappa shape index (κ2) is 5.20. The van der Waals surface area contributed by atoms with Crippen molar-refractivity contribution in [2.45, 2.75) is 38.6 Å². The molecule has 2 rings (SSSR count). The first-order chi connectivity index (χ1) is 7.70. The fourth-order valence-corrected chi connectivity index (χ4v) is 2.89. The Morgan fingerprint density at radius 1 is 1.31 bits per heavy atom. The van der Waals surface area contributed by atoms with Crippen molar-refractivity contribution in [2.24, 2.45) is 17.6 Å². The monoisotopic (exact) mass is 237 g/mol. The Labute approximate surface area is 103 Å². The number of nitrogens with two attached hydrogens (primary N) is 1. The SMILES string of the molecule is CCC1CCC(C(N)c2ccc(Cl)cc2)C1. The molecule has 2 N–H and O–H groups in total. The lowest BCUT2D eigenvalue weighted by Crippen LogP contribution is -2.19. The largest absolute Gasteiger partial charge is 0.324 e. The van der Waals surface area contributed by atoms with E-state index in [1.165, 1.54) is 31.2 Å². The Kier molecular flexibility index (Phi) is 3.88. The van der Waals surface area contributed by atoms with Crippen LogP contribution in [0.3, 0.4) is 0 Å². The molecule has 0 amide bonds. The van der Waals surface area contributed by atoms with Crippen LogP contribution in [0.1, 0.15) is 44.2 Å². The summed E-state index contributed by atoms with van der Waals surface area (Å²) in [6, 6.07) is 8.18. The second-order valence-electron chi connectivity index (χ2n) is 4.92. The molecule has 1 aromatic carbocycles. The zero-order chi connectivity index (χ0) is 11.5. The predicted octanol–water partition coefficient (Wildman–Crippen LogP) is 4.17. The van der Waals surface area contributed by atoms with Crippen LogP contribution in [-0.2, 0) is 0 Å². The van der Waals surface area contributed by atoms with Crippen LogP contribution in [-0.4, -0.2) is 0 Å². The third kappa shape index (κ3) is 2.58. The number of benzene rings is 1. The molecule has 1 aliphatic carbocycles. The van der Waals surface area contributed by atoms with E-state index in [9.17, 15) is 0 Å². The van der Waals surface area contributed by atoms with Crippen molar-refractivity contribution in [3.05, 3.63) is 34.9 Å². The van der Waals surface area contributed by atoms with Crippen molar-refractivity contribution in [3.63, 3.8) is 0 Å². The second-order valence-corrected chi connectivity index (χ2v) is 5.36. The van der Waals surface area contributed by atoms with Crippen LogP contribution >= 0.6 is 11.6 Å². The molecule has 0 radical (unpaired) electrons. The van der Waals surface area contributed by atoms with Crippen molar-refractivity contribution in [3.8, 4) is 0 Å². The lowest BCUT2D eigenvalue weighted by Gasteiger charge is -2.19. The van der Waals surface area contributed by atoms with E-state index in [4.69, 9.17) is 17.3 Å². The third-order valence-corrected chi connectivity index (χ3v) is 4.17. The van der Waals surface area contributed by atoms with Crippen LogP contribution < -0.4 is 5.73 Å². The number of halogens is 1. The minimum atomic E-state index is 0.189. The maximum Gasteiger partial charge on any atom is 0.0406 e. The van der Waals surface area contributed by atoms with Crippen LogP contribution in [0.5, 0.6) is 0 Å². The van der Waals surface area contributed by atoms with Crippen LogP contribution in [0.2, 0.25) is 5.02 Å². The summed E-state index contributed by atoms with van der Waals surface area (Å²) in [5.74, 6) is 1.55. The standard InChI is InChI=1S/C14H20ClN/c1-2-10-3-4-12(9-10)14(16)11-5-7-13(15)8-6-11/h5-8,10,12,14H,2-4,9,16H2,1H3. The van der Waals surface area contributed by atoms with E-state index in [0.717, 1.165) is 10.9 Å². The molecule has 88 valence electrons. The van der Waals surface area contributed by atoms with E-state index in [1.54, 1.807) is 0 Å². The molecule has 0 heterocycles. The van der Waals surface area contributed by atoms with Crippen LogP contribution in [0.15, 0.2) is 24.3 Å². The normalized spacial score (nSPS) is 26.9. The van der Waals surface area contributed by atoms with Gasteiger partial charge in [-0.05, 0) is 42.4 Å². The van der Waals surface area contributed by atoms with Crippen LogP contribution in [0.25, 0.3) is 0 Å². The first-order valence-corrected chi connectivity index (χ1v) is 6.59. The quantitative estimate of drug-likeness (QED) is 0.839. The summed E-state index contributed by atoms with van der Waals surface area (Å²) in [7, 11) is 0. The molecule has 0 bridgehead atoms. The summed E-state index contributed by atoms with van der Waals surface area (Å²) in [4.78, 5) is 0. The van der Waals surface area contributed by atoms with Crippen molar-refractivity contribution >= 4 is 11.6 Å². The molecule has 0 saturated heterocycles. The van der Waals surface area contributed by atoms with Gasteiger partial charge in [0, 0.05) is 11.1 Å². The van der Waals surface area contributed by atoms with Gasteiger partial charge in [-0.15, -0.1) is 0 Å². The molecule has 3 atom stereocenters. The van der Waals surface area contributed by atoms with Gasteiger partial charge in [0.1, 0.15) is 0 Å². The van der Waals surface area contributed by atoms with Crippen LogP contribution in [0, 0.1) is 11.8 Å². The Bertz CT molecular complexity index is 333. The minimum Gasteiger partial charge on any atom is -0.324 e. The molecule has 1 nitrogen and oxygen atoms in total. The number of rotatable bonds is 3. The molecule has 1 saturated carbocycles. The van der Waals surface area contributed by atoms with E-state index in [1.807, 2.05) is 12.1 Å². The van der Waals surface area contributed by atoms with E-state index in [-0.39, 0.29) is 6.04 Å². The van der Waals surface area contributed by atoms with Crippen molar-refractivity contribution in [2.75, 3.05) is 0 Å². The first-order valence-electron chi connectivity index (χ1n) is 6.21. The third-order valence-electron chi connectivity index (χ3n) is 3.92. The Morgan fingerprint density at radius 3 is 2.56 bits per heavy atom. The van der Waals surface area contributed by atoms with E-state index in [2.05, 4.69) is 19.1 Å². The maximum atomic E-state index is 6.32. The van der Waals surface area contributed by atoms with Gasteiger partial charge in [0.2, 0.25) is 0 Å². The summed E-state index contributed by atoms with van der Waals surface area (Å²) in [6.07, 6.45) is 5.22. The van der Waals surface area contributed by atoms with Gasteiger partial charge in [-0.1, -0.05) is 43.5 Å². The van der Waals surface area contributed by atoms with Gasteiger partial charge >= 0.3 is 0 Å².